The van der Waals surface area contributed by atoms with Gasteiger partial charge >= 0.3 is 0 Å². The predicted octanol–water partition coefficient (Wildman–Crippen LogP) is 3.93. The van der Waals surface area contributed by atoms with Crippen molar-refractivity contribution in [2.75, 3.05) is 7.11 Å². The molecule has 0 saturated heterocycles. The van der Waals surface area contributed by atoms with Gasteiger partial charge in [-0.05, 0) is 32.9 Å². The molecule has 0 amide bonds. The Morgan fingerprint density at radius 2 is 1.94 bits per heavy atom. The van der Waals surface area contributed by atoms with Crippen LogP contribution in [0.5, 0.6) is 0 Å². The molecule has 0 aliphatic carbocycles. The molecule has 2 atom stereocenters. The summed E-state index contributed by atoms with van der Waals surface area (Å²) in [5.74, 6) is 0. The molecule has 0 fully saturated rings. The van der Waals surface area contributed by atoms with Crippen LogP contribution in [0, 0.1) is 0 Å². The SMILES string of the molecule is COC(c1ccccc1)C(O)c1sccc1Br. The van der Waals surface area contributed by atoms with E-state index in [1.165, 1.54) is 11.3 Å². The number of hydrogen-bond acceptors (Lipinski definition) is 3. The fraction of sp³-hybridized carbons (Fsp3) is 0.231. The zero-order valence-corrected chi connectivity index (χ0v) is 11.7. The van der Waals surface area contributed by atoms with Crippen molar-refractivity contribution in [3.63, 3.8) is 0 Å². The lowest BCUT2D eigenvalue weighted by atomic mass is 10.0. The molecule has 17 heavy (non-hydrogen) atoms. The summed E-state index contributed by atoms with van der Waals surface area (Å²) in [7, 11) is 1.61. The average molecular weight is 313 g/mol. The maximum absolute atomic E-state index is 10.4. The first-order chi connectivity index (χ1) is 8.24. The molecule has 1 aromatic carbocycles. The van der Waals surface area contributed by atoms with E-state index in [0.717, 1.165) is 14.9 Å². The Hall–Kier alpha value is -0.680. The minimum absolute atomic E-state index is 0.342. The zero-order valence-electron chi connectivity index (χ0n) is 9.34. The van der Waals surface area contributed by atoms with Gasteiger partial charge in [0, 0.05) is 11.6 Å². The summed E-state index contributed by atoms with van der Waals surface area (Å²) >= 11 is 4.95. The van der Waals surface area contributed by atoms with Gasteiger partial charge in [-0.3, -0.25) is 0 Å². The van der Waals surface area contributed by atoms with E-state index in [1.54, 1.807) is 7.11 Å². The molecule has 1 aromatic heterocycles. The Morgan fingerprint density at radius 3 is 2.47 bits per heavy atom. The van der Waals surface area contributed by atoms with Gasteiger partial charge in [0.1, 0.15) is 12.2 Å². The minimum Gasteiger partial charge on any atom is -0.384 e. The number of benzene rings is 1. The molecule has 2 unspecified atom stereocenters. The van der Waals surface area contributed by atoms with Crippen molar-refractivity contribution < 1.29 is 9.84 Å². The third-order valence-electron chi connectivity index (χ3n) is 2.58. The van der Waals surface area contributed by atoms with Gasteiger partial charge in [-0.25, -0.2) is 0 Å². The largest absolute Gasteiger partial charge is 0.384 e. The second-order valence-corrected chi connectivity index (χ2v) is 5.45. The van der Waals surface area contributed by atoms with Crippen molar-refractivity contribution in [1.82, 2.24) is 0 Å². The first kappa shape index (κ1) is 12.8. The van der Waals surface area contributed by atoms with Crippen molar-refractivity contribution in [3.05, 3.63) is 56.7 Å². The summed E-state index contributed by atoms with van der Waals surface area (Å²) in [5.41, 5.74) is 0.975. The normalized spacial score (nSPS) is 14.5. The van der Waals surface area contributed by atoms with Gasteiger partial charge in [0.15, 0.2) is 0 Å². The van der Waals surface area contributed by atoms with Gasteiger partial charge in [0.25, 0.3) is 0 Å². The monoisotopic (exact) mass is 312 g/mol. The standard InChI is InChI=1S/C13H13BrO2S/c1-16-12(9-5-3-2-4-6-9)11(15)13-10(14)7-8-17-13/h2-8,11-12,15H,1H3. The van der Waals surface area contributed by atoms with Crippen LogP contribution in [0.1, 0.15) is 22.6 Å². The van der Waals surface area contributed by atoms with Gasteiger partial charge in [-0.2, -0.15) is 0 Å². The van der Waals surface area contributed by atoms with Crippen LogP contribution in [0.2, 0.25) is 0 Å². The summed E-state index contributed by atoms with van der Waals surface area (Å²) in [6, 6.07) is 11.7. The second-order valence-electron chi connectivity index (χ2n) is 3.64. The van der Waals surface area contributed by atoms with E-state index in [-0.39, 0.29) is 6.10 Å². The molecule has 0 spiro atoms. The Kier molecular flexibility index (Phi) is 4.34. The Bertz CT molecular complexity index is 469. The van der Waals surface area contributed by atoms with Crippen molar-refractivity contribution in [2.45, 2.75) is 12.2 Å². The van der Waals surface area contributed by atoms with Crippen LogP contribution in [-0.4, -0.2) is 12.2 Å². The molecular formula is C13H13BrO2S. The molecule has 0 bridgehead atoms. The molecule has 0 aliphatic rings. The van der Waals surface area contributed by atoms with Gasteiger partial charge in [0.2, 0.25) is 0 Å². The molecule has 0 saturated carbocycles. The van der Waals surface area contributed by atoms with Crippen LogP contribution in [0.3, 0.4) is 0 Å². The van der Waals surface area contributed by atoms with Gasteiger partial charge in [-0.1, -0.05) is 30.3 Å². The zero-order chi connectivity index (χ0) is 12.3. The van der Waals surface area contributed by atoms with E-state index in [9.17, 15) is 5.11 Å². The van der Waals surface area contributed by atoms with E-state index in [0.29, 0.717) is 0 Å². The highest BCUT2D eigenvalue weighted by Crippen LogP contribution is 2.37. The molecule has 90 valence electrons. The number of aliphatic hydroxyl groups is 1. The number of methoxy groups -OCH3 is 1. The van der Waals surface area contributed by atoms with Crippen LogP contribution in [0.25, 0.3) is 0 Å². The summed E-state index contributed by atoms with van der Waals surface area (Å²) in [6.45, 7) is 0. The van der Waals surface area contributed by atoms with E-state index in [1.807, 2.05) is 41.8 Å². The molecule has 1 heterocycles. The Morgan fingerprint density at radius 1 is 1.24 bits per heavy atom. The Balaban J connectivity index is 2.28. The van der Waals surface area contributed by atoms with Crippen molar-refractivity contribution in [3.8, 4) is 0 Å². The fourth-order valence-electron chi connectivity index (χ4n) is 1.74. The molecule has 2 aromatic rings. The topological polar surface area (TPSA) is 29.5 Å². The number of ether oxygens (including phenoxy) is 1. The minimum atomic E-state index is -0.656. The molecule has 0 radical (unpaired) electrons. The molecule has 0 aliphatic heterocycles. The van der Waals surface area contributed by atoms with E-state index >= 15 is 0 Å². The summed E-state index contributed by atoms with van der Waals surface area (Å²) < 4.78 is 6.34. The predicted molar refractivity (Wildman–Crippen MR) is 73.2 cm³/mol. The van der Waals surface area contributed by atoms with Crippen LogP contribution in [0.4, 0.5) is 0 Å². The van der Waals surface area contributed by atoms with E-state index < -0.39 is 6.10 Å². The lowest BCUT2D eigenvalue weighted by Crippen LogP contribution is -2.12. The highest BCUT2D eigenvalue weighted by molar-refractivity contribution is 9.10. The fourth-order valence-corrected chi connectivity index (χ4v) is 3.36. The van der Waals surface area contributed by atoms with Gasteiger partial charge in [0.05, 0.1) is 4.88 Å². The summed E-state index contributed by atoms with van der Waals surface area (Å²) in [6.07, 6.45) is -0.997. The number of halogens is 1. The number of hydrogen-bond donors (Lipinski definition) is 1. The van der Waals surface area contributed by atoms with Crippen molar-refractivity contribution in [1.29, 1.82) is 0 Å². The maximum Gasteiger partial charge on any atom is 0.120 e. The first-order valence-corrected chi connectivity index (χ1v) is 6.90. The highest BCUT2D eigenvalue weighted by Gasteiger charge is 2.24. The lowest BCUT2D eigenvalue weighted by Gasteiger charge is -2.21. The Labute approximate surface area is 113 Å². The van der Waals surface area contributed by atoms with Gasteiger partial charge < -0.3 is 9.84 Å². The second kappa shape index (κ2) is 5.78. The van der Waals surface area contributed by atoms with Crippen LogP contribution >= 0.6 is 27.3 Å². The number of thiophene rings is 1. The quantitative estimate of drug-likeness (QED) is 0.927. The smallest absolute Gasteiger partial charge is 0.120 e. The summed E-state index contributed by atoms with van der Waals surface area (Å²) in [5, 5.41) is 12.3. The molecule has 2 rings (SSSR count). The average Bonchev–Trinajstić information content (AvgIpc) is 2.77. The van der Waals surface area contributed by atoms with E-state index in [2.05, 4.69) is 15.9 Å². The third-order valence-corrected chi connectivity index (χ3v) is 4.52. The van der Waals surface area contributed by atoms with E-state index in [4.69, 9.17) is 4.74 Å². The third kappa shape index (κ3) is 2.77. The molecular weight excluding hydrogens is 300 g/mol. The van der Waals surface area contributed by atoms with Crippen LogP contribution in [0.15, 0.2) is 46.3 Å². The maximum atomic E-state index is 10.4. The summed E-state index contributed by atoms with van der Waals surface area (Å²) in [4.78, 5) is 0.890. The molecule has 2 nitrogen and oxygen atoms in total. The van der Waals surface area contributed by atoms with Crippen molar-refractivity contribution >= 4 is 27.3 Å². The number of rotatable bonds is 4. The van der Waals surface area contributed by atoms with Gasteiger partial charge in [-0.15, -0.1) is 11.3 Å². The van der Waals surface area contributed by atoms with Crippen LogP contribution < -0.4 is 0 Å². The lowest BCUT2D eigenvalue weighted by molar-refractivity contribution is -0.0134. The molecule has 4 heteroatoms. The number of aliphatic hydroxyl groups excluding tert-OH is 1. The van der Waals surface area contributed by atoms with Crippen molar-refractivity contribution in [2.24, 2.45) is 0 Å². The first-order valence-electron chi connectivity index (χ1n) is 5.22. The highest BCUT2D eigenvalue weighted by atomic mass is 79.9. The molecule has 1 N–H and O–H groups in total. The van der Waals surface area contributed by atoms with Crippen LogP contribution in [-0.2, 0) is 4.74 Å².